The predicted octanol–water partition coefficient (Wildman–Crippen LogP) is 4.39. The molecule has 5 nitrogen and oxygen atoms in total. The van der Waals surface area contributed by atoms with E-state index in [1.165, 1.54) is 0 Å². The van der Waals surface area contributed by atoms with E-state index >= 15 is 0 Å². The van der Waals surface area contributed by atoms with Gasteiger partial charge in [0.1, 0.15) is 12.0 Å². The number of rotatable bonds is 2. The van der Waals surface area contributed by atoms with Crippen molar-refractivity contribution in [2.24, 2.45) is 0 Å². The number of fused-ring (bicyclic) bond motifs is 5. The lowest BCUT2D eigenvalue weighted by Gasteiger charge is -2.30. The molecule has 1 aromatic heterocycles. The Bertz CT molecular complexity index is 1130. The number of phenolic OH excluding ortho intramolecular Hbond substituents is 1. The molecule has 3 aromatic carbocycles. The molecule has 0 bridgehead atoms. The molecule has 0 spiro atoms. The summed E-state index contributed by atoms with van der Waals surface area (Å²) in [4.78, 5) is 4.86. The van der Waals surface area contributed by atoms with Crippen LogP contribution in [0.4, 0.5) is 5.69 Å². The fourth-order valence-electron chi connectivity index (χ4n) is 3.62. The van der Waals surface area contributed by atoms with E-state index in [2.05, 4.69) is 28.1 Å². The average molecular weight is 343 g/mol. The minimum Gasteiger partial charge on any atom is -0.504 e. The van der Waals surface area contributed by atoms with Crippen molar-refractivity contribution in [3.05, 3.63) is 72.3 Å². The monoisotopic (exact) mass is 343 g/mol. The predicted molar refractivity (Wildman–Crippen MR) is 102 cm³/mol. The summed E-state index contributed by atoms with van der Waals surface area (Å²) in [5, 5.41) is 13.8. The Labute approximate surface area is 150 Å². The highest BCUT2D eigenvalue weighted by atomic mass is 16.5. The van der Waals surface area contributed by atoms with Crippen molar-refractivity contribution in [3.63, 3.8) is 0 Å². The lowest BCUT2D eigenvalue weighted by Crippen LogP contribution is -2.24. The van der Waals surface area contributed by atoms with E-state index in [1.807, 2.05) is 36.4 Å². The third-order valence-corrected chi connectivity index (χ3v) is 4.83. The smallest absolute Gasteiger partial charge is 0.160 e. The fourth-order valence-corrected chi connectivity index (χ4v) is 3.62. The maximum absolute atomic E-state index is 10.3. The van der Waals surface area contributed by atoms with E-state index in [9.17, 15) is 5.11 Å². The van der Waals surface area contributed by atoms with Gasteiger partial charge < -0.3 is 15.2 Å². The number of ether oxygens (including phenoxy) is 1. The third kappa shape index (κ3) is 2.07. The largest absolute Gasteiger partial charge is 0.504 e. The average Bonchev–Trinajstić information content (AvgIpc) is 3.07. The van der Waals surface area contributed by atoms with E-state index in [4.69, 9.17) is 9.72 Å². The molecule has 0 radical (unpaired) electrons. The van der Waals surface area contributed by atoms with Crippen LogP contribution in [0.1, 0.15) is 11.7 Å². The van der Waals surface area contributed by atoms with Crippen LogP contribution in [-0.4, -0.2) is 21.8 Å². The Balaban J connectivity index is 1.77. The first kappa shape index (κ1) is 14.8. The number of nitrogens with zero attached hydrogens (tertiary/aromatic N) is 2. The molecule has 5 heteroatoms. The summed E-state index contributed by atoms with van der Waals surface area (Å²) < 4.78 is 7.36. The van der Waals surface area contributed by atoms with Gasteiger partial charge in [-0.05, 0) is 42.0 Å². The first-order valence-electron chi connectivity index (χ1n) is 8.46. The number of hydrogen-bond acceptors (Lipinski definition) is 4. The van der Waals surface area contributed by atoms with Gasteiger partial charge in [-0.2, -0.15) is 0 Å². The minimum absolute atomic E-state index is 0.122. The number of phenols is 1. The Morgan fingerprint density at radius 3 is 2.69 bits per heavy atom. The van der Waals surface area contributed by atoms with Crippen molar-refractivity contribution in [1.82, 2.24) is 9.55 Å². The van der Waals surface area contributed by atoms with E-state index in [-0.39, 0.29) is 11.9 Å². The number of hydrogen-bond donors (Lipinski definition) is 2. The Morgan fingerprint density at radius 2 is 1.85 bits per heavy atom. The van der Waals surface area contributed by atoms with Crippen LogP contribution in [-0.2, 0) is 0 Å². The van der Waals surface area contributed by atoms with Gasteiger partial charge in [0, 0.05) is 11.3 Å². The first-order valence-corrected chi connectivity index (χ1v) is 8.46. The molecule has 4 aromatic rings. The van der Waals surface area contributed by atoms with Gasteiger partial charge in [-0.1, -0.05) is 30.3 Å². The summed E-state index contributed by atoms with van der Waals surface area (Å²) in [5.74, 6) is 1.50. The van der Waals surface area contributed by atoms with Gasteiger partial charge in [-0.3, -0.25) is 4.57 Å². The van der Waals surface area contributed by atoms with Crippen LogP contribution in [0, 0.1) is 0 Å². The number of imidazole rings is 1. The standard InChI is InChI=1S/C21H17N3O2/c1-26-19-11-10-13(12-18(19)25)20-22-15-7-3-2-6-14(15)21-23-16-8-4-5-9-17(16)24(20)21/h2-12,20,22,25H,1H3/t20-/m1/s1. The number of aromatic hydroxyl groups is 1. The minimum atomic E-state index is -0.177. The molecular weight excluding hydrogens is 326 g/mol. The van der Waals surface area contributed by atoms with Crippen molar-refractivity contribution in [2.45, 2.75) is 6.17 Å². The molecule has 1 aliphatic heterocycles. The zero-order valence-electron chi connectivity index (χ0n) is 14.2. The van der Waals surface area contributed by atoms with Gasteiger partial charge in [-0.25, -0.2) is 4.98 Å². The highest BCUT2D eigenvalue weighted by Gasteiger charge is 2.28. The lowest BCUT2D eigenvalue weighted by molar-refractivity contribution is 0.372. The Morgan fingerprint density at radius 1 is 1.04 bits per heavy atom. The summed E-state index contributed by atoms with van der Waals surface area (Å²) >= 11 is 0. The van der Waals surface area contributed by atoms with Crippen LogP contribution in [0.5, 0.6) is 11.5 Å². The highest BCUT2D eigenvalue weighted by molar-refractivity contribution is 5.86. The SMILES string of the molecule is COc1ccc([C@@H]2Nc3ccccc3-c3nc4ccccc4n32)cc1O. The zero-order valence-corrected chi connectivity index (χ0v) is 14.2. The molecule has 26 heavy (non-hydrogen) atoms. The maximum atomic E-state index is 10.3. The molecular formula is C21H17N3O2. The zero-order chi connectivity index (χ0) is 17.7. The molecule has 1 aliphatic rings. The van der Waals surface area contributed by atoms with Crippen molar-refractivity contribution in [2.75, 3.05) is 12.4 Å². The molecule has 1 atom stereocenters. The second-order valence-corrected chi connectivity index (χ2v) is 6.32. The maximum Gasteiger partial charge on any atom is 0.160 e. The lowest BCUT2D eigenvalue weighted by atomic mass is 10.1. The summed E-state index contributed by atoms with van der Waals surface area (Å²) in [5.41, 5.74) is 5.02. The van der Waals surface area contributed by atoms with Crippen LogP contribution in [0.15, 0.2) is 66.7 Å². The number of nitrogens with one attached hydrogen (secondary N) is 1. The number of aromatic nitrogens is 2. The van der Waals surface area contributed by atoms with Crippen LogP contribution >= 0.6 is 0 Å². The van der Waals surface area contributed by atoms with Crippen molar-refractivity contribution >= 4 is 16.7 Å². The van der Waals surface area contributed by atoms with Gasteiger partial charge in [0.15, 0.2) is 11.5 Å². The quantitative estimate of drug-likeness (QED) is 0.567. The molecule has 0 saturated heterocycles. The molecule has 5 rings (SSSR count). The number of para-hydroxylation sites is 3. The molecule has 2 heterocycles. The number of anilines is 1. The van der Waals surface area contributed by atoms with E-state index in [0.717, 1.165) is 33.7 Å². The number of benzene rings is 3. The van der Waals surface area contributed by atoms with Crippen molar-refractivity contribution in [3.8, 4) is 22.9 Å². The molecule has 2 N–H and O–H groups in total. The van der Waals surface area contributed by atoms with Crippen LogP contribution in [0.2, 0.25) is 0 Å². The van der Waals surface area contributed by atoms with Gasteiger partial charge in [0.05, 0.1) is 18.1 Å². The van der Waals surface area contributed by atoms with Crippen LogP contribution in [0.25, 0.3) is 22.4 Å². The van der Waals surface area contributed by atoms with Gasteiger partial charge >= 0.3 is 0 Å². The summed E-state index contributed by atoms with van der Waals surface area (Å²) in [6.07, 6.45) is -0.177. The summed E-state index contributed by atoms with van der Waals surface area (Å²) in [7, 11) is 1.55. The molecule has 0 fully saturated rings. The number of methoxy groups -OCH3 is 1. The highest BCUT2D eigenvalue weighted by Crippen LogP contribution is 2.41. The van der Waals surface area contributed by atoms with E-state index < -0.39 is 0 Å². The van der Waals surface area contributed by atoms with Gasteiger partial charge in [0.25, 0.3) is 0 Å². The second-order valence-electron chi connectivity index (χ2n) is 6.32. The molecule has 0 amide bonds. The molecule has 0 aliphatic carbocycles. The van der Waals surface area contributed by atoms with Crippen molar-refractivity contribution in [1.29, 1.82) is 0 Å². The van der Waals surface area contributed by atoms with E-state index in [1.54, 1.807) is 19.2 Å². The van der Waals surface area contributed by atoms with Gasteiger partial charge in [-0.15, -0.1) is 0 Å². The molecule has 0 saturated carbocycles. The first-order chi connectivity index (χ1) is 12.8. The third-order valence-electron chi connectivity index (χ3n) is 4.83. The topological polar surface area (TPSA) is 59.3 Å². The van der Waals surface area contributed by atoms with Crippen LogP contribution < -0.4 is 10.1 Å². The van der Waals surface area contributed by atoms with Gasteiger partial charge in [0.2, 0.25) is 0 Å². The molecule has 128 valence electrons. The van der Waals surface area contributed by atoms with Crippen LogP contribution in [0.3, 0.4) is 0 Å². The Kier molecular flexibility index (Phi) is 3.15. The van der Waals surface area contributed by atoms with E-state index in [0.29, 0.717) is 5.75 Å². The fraction of sp³-hybridized carbons (Fsp3) is 0.0952. The summed E-state index contributed by atoms with van der Waals surface area (Å²) in [6, 6.07) is 21.7. The summed E-state index contributed by atoms with van der Waals surface area (Å²) in [6.45, 7) is 0. The normalized spacial score (nSPS) is 15.2. The van der Waals surface area contributed by atoms with Crippen molar-refractivity contribution < 1.29 is 9.84 Å². The Hall–Kier alpha value is -3.47. The second kappa shape index (κ2) is 5.52. The molecule has 0 unspecified atom stereocenters.